The molecule has 1 heterocycles. The van der Waals surface area contributed by atoms with E-state index in [1.807, 2.05) is 0 Å². The normalized spacial score (nSPS) is 11.2. The van der Waals surface area contributed by atoms with E-state index in [0.29, 0.717) is 17.6 Å². The van der Waals surface area contributed by atoms with Gasteiger partial charge in [-0.2, -0.15) is 17.5 Å². The largest absolute Gasteiger partial charge is 0.478 e. The number of alkyl halides is 3. The van der Waals surface area contributed by atoms with Crippen LogP contribution in [0.2, 0.25) is 0 Å². The van der Waals surface area contributed by atoms with Crippen molar-refractivity contribution in [2.75, 3.05) is 0 Å². The average molecular weight is 317 g/mol. The number of aromatic nitrogens is 1. The molecule has 0 saturated carbocycles. The van der Waals surface area contributed by atoms with E-state index in [1.54, 1.807) is 0 Å². The minimum Gasteiger partial charge on any atom is -0.478 e. The van der Waals surface area contributed by atoms with Gasteiger partial charge in [-0.05, 0) is 29.7 Å². The van der Waals surface area contributed by atoms with E-state index in [9.17, 15) is 22.8 Å². The molecule has 0 aliphatic carbocycles. The second-order valence-corrected chi connectivity index (χ2v) is 4.59. The Bertz CT molecular complexity index is 696. The number of carbonyl (C=O) groups is 2. The van der Waals surface area contributed by atoms with Crippen molar-refractivity contribution in [3.63, 3.8) is 0 Å². The predicted octanol–water partition coefficient (Wildman–Crippen LogP) is 3.08. The molecule has 0 radical (unpaired) electrons. The summed E-state index contributed by atoms with van der Waals surface area (Å²) >= 11 is 0.587. The lowest BCUT2D eigenvalue weighted by Gasteiger charge is -2.08. The Morgan fingerprint density at radius 1 is 1.29 bits per heavy atom. The number of carboxylic acids is 1. The molecule has 0 bridgehead atoms. The van der Waals surface area contributed by atoms with Gasteiger partial charge in [-0.25, -0.2) is 9.59 Å². The number of hydrogen-bond acceptors (Lipinski definition) is 5. The first-order valence-corrected chi connectivity index (χ1v) is 6.14. The third kappa shape index (κ3) is 3.37. The van der Waals surface area contributed by atoms with Crippen LogP contribution in [0.3, 0.4) is 0 Å². The zero-order valence-electron chi connectivity index (χ0n) is 10.0. The van der Waals surface area contributed by atoms with Crippen LogP contribution in [0.4, 0.5) is 13.2 Å². The molecule has 0 amide bonds. The first-order chi connectivity index (χ1) is 9.79. The summed E-state index contributed by atoms with van der Waals surface area (Å²) in [5, 5.41) is 8.83. The minimum atomic E-state index is -4.57. The van der Waals surface area contributed by atoms with Gasteiger partial charge in [0.15, 0.2) is 0 Å². The zero-order chi connectivity index (χ0) is 15.6. The fourth-order valence-corrected chi connectivity index (χ4v) is 2.05. The van der Waals surface area contributed by atoms with Gasteiger partial charge in [0.25, 0.3) is 0 Å². The summed E-state index contributed by atoms with van der Waals surface area (Å²) in [6.45, 7) is 0. The smallest absolute Gasteiger partial charge is 0.416 e. The number of aromatic carboxylic acids is 1. The van der Waals surface area contributed by atoms with Gasteiger partial charge in [-0.3, -0.25) is 0 Å². The summed E-state index contributed by atoms with van der Waals surface area (Å²) in [4.78, 5) is 22.3. The molecule has 1 N–H and O–H groups in total. The van der Waals surface area contributed by atoms with E-state index < -0.39 is 23.7 Å². The standard InChI is InChI=1S/C12H6F3NO4S/c13-12(14,15)6-2-1-3-7(4-6)20-11(19)9-8(10(17)18)5-16-21-9/h1-5H,(H,17,18). The molecule has 0 atom stereocenters. The highest BCUT2D eigenvalue weighted by atomic mass is 32.1. The molecule has 2 aromatic rings. The maximum absolute atomic E-state index is 12.5. The molecular weight excluding hydrogens is 311 g/mol. The number of carboxylic acid groups (broad SMARTS) is 1. The van der Waals surface area contributed by atoms with Crippen LogP contribution in [0, 0.1) is 0 Å². The van der Waals surface area contributed by atoms with Gasteiger partial charge in [0.05, 0.1) is 11.8 Å². The Morgan fingerprint density at radius 3 is 2.62 bits per heavy atom. The molecular formula is C12H6F3NO4S. The molecule has 0 spiro atoms. The Labute approximate surface area is 119 Å². The van der Waals surface area contributed by atoms with Gasteiger partial charge in [0, 0.05) is 0 Å². The minimum absolute atomic E-state index is 0.292. The van der Waals surface area contributed by atoms with Crippen molar-refractivity contribution in [1.29, 1.82) is 0 Å². The Morgan fingerprint density at radius 2 is 2.00 bits per heavy atom. The van der Waals surface area contributed by atoms with Gasteiger partial charge < -0.3 is 9.84 Å². The number of carbonyl (C=O) groups excluding carboxylic acids is 1. The molecule has 2 rings (SSSR count). The second-order valence-electron chi connectivity index (χ2n) is 3.79. The number of rotatable bonds is 3. The van der Waals surface area contributed by atoms with Crippen LogP contribution in [-0.4, -0.2) is 21.4 Å². The molecule has 0 fully saturated rings. The monoisotopic (exact) mass is 317 g/mol. The van der Waals surface area contributed by atoms with Gasteiger partial charge in [-0.15, -0.1) is 0 Å². The maximum atomic E-state index is 12.5. The van der Waals surface area contributed by atoms with Crippen LogP contribution in [0.1, 0.15) is 25.6 Å². The first-order valence-electron chi connectivity index (χ1n) is 5.36. The van der Waals surface area contributed by atoms with Crippen molar-refractivity contribution >= 4 is 23.5 Å². The molecule has 21 heavy (non-hydrogen) atoms. The SMILES string of the molecule is O=C(O)c1cnsc1C(=O)Oc1cccc(C(F)(F)F)c1. The average Bonchev–Trinajstić information content (AvgIpc) is 2.87. The van der Waals surface area contributed by atoms with Crippen LogP contribution >= 0.6 is 11.5 Å². The lowest BCUT2D eigenvalue weighted by Crippen LogP contribution is -2.12. The highest BCUT2D eigenvalue weighted by Gasteiger charge is 2.31. The predicted molar refractivity (Wildman–Crippen MR) is 65.5 cm³/mol. The lowest BCUT2D eigenvalue weighted by molar-refractivity contribution is -0.137. The third-order valence-corrected chi connectivity index (χ3v) is 3.14. The van der Waals surface area contributed by atoms with Crippen LogP contribution in [-0.2, 0) is 6.18 Å². The first kappa shape index (κ1) is 15.0. The Hall–Kier alpha value is -2.42. The third-order valence-electron chi connectivity index (χ3n) is 2.36. The van der Waals surface area contributed by atoms with Crippen LogP contribution in [0.25, 0.3) is 0 Å². The molecule has 1 aromatic heterocycles. The van der Waals surface area contributed by atoms with Crippen LogP contribution in [0.5, 0.6) is 5.75 Å². The number of nitrogens with zero attached hydrogens (tertiary/aromatic N) is 1. The molecule has 9 heteroatoms. The summed E-state index contributed by atoms with van der Waals surface area (Å²) in [5.41, 5.74) is -1.34. The summed E-state index contributed by atoms with van der Waals surface area (Å²) < 4.78 is 45.9. The van der Waals surface area contributed by atoms with E-state index in [2.05, 4.69) is 4.37 Å². The molecule has 5 nitrogen and oxygen atoms in total. The fourth-order valence-electron chi connectivity index (χ4n) is 1.43. The number of benzene rings is 1. The van der Waals surface area contributed by atoms with E-state index in [1.165, 1.54) is 0 Å². The van der Waals surface area contributed by atoms with E-state index in [4.69, 9.17) is 9.84 Å². The molecule has 0 unspecified atom stereocenters. The Kier molecular flexibility index (Phi) is 3.94. The van der Waals surface area contributed by atoms with Crippen molar-refractivity contribution in [3.8, 4) is 5.75 Å². The quantitative estimate of drug-likeness (QED) is 0.695. The van der Waals surface area contributed by atoms with Crippen molar-refractivity contribution in [2.24, 2.45) is 0 Å². The molecule has 1 aromatic carbocycles. The van der Waals surface area contributed by atoms with Gasteiger partial charge in [-0.1, -0.05) is 6.07 Å². The van der Waals surface area contributed by atoms with Crippen LogP contribution in [0.15, 0.2) is 30.5 Å². The number of esters is 1. The van der Waals surface area contributed by atoms with Crippen molar-refractivity contribution < 1.29 is 32.6 Å². The summed E-state index contributed by atoms with van der Waals surface area (Å²) in [6, 6.07) is 3.72. The van der Waals surface area contributed by atoms with Gasteiger partial charge in [0.2, 0.25) is 0 Å². The highest BCUT2D eigenvalue weighted by molar-refractivity contribution is 7.08. The number of halogens is 3. The zero-order valence-corrected chi connectivity index (χ0v) is 10.9. The van der Waals surface area contributed by atoms with Crippen molar-refractivity contribution in [1.82, 2.24) is 4.37 Å². The van der Waals surface area contributed by atoms with E-state index in [0.717, 1.165) is 24.4 Å². The number of ether oxygens (including phenoxy) is 1. The van der Waals surface area contributed by atoms with Crippen LogP contribution < -0.4 is 4.74 Å². The molecule has 0 saturated heterocycles. The lowest BCUT2D eigenvalue weighted by atomic mass is 10.2. The van der Waals surface area contributed by atoms with Gasteiger partial charge in [0.1, 0.15) is 16.2 Å². The Balaban J connectivity index is 2.24. The molecule has 0 aliphatic heterocycles. The highest BCUT2D eigenvalue weighted by Crippen LogP contribution is 2.31. The summed E-state index contributed by atoms with van der Waals surface area (Å²) in [6.07, 6.45) is -3.60. The van der Waals surface area contributed by atoms with Crippen molar-refractivity contribution in [3.05, 3.63) is 46.5 Å². The van der Waals surface area contributed by atoms with E-state index in [-0.39, 0.29) is 16.2 Å². The summed E-state index contributed by atoms with van der Waals surface area (Å²) in [7, 11) is 0. The van der Waals surface area contributed by atoms with Crippen molar-refractivity contribution in [2.45, 2.75) is 6.18 Å². The second kappa shape index (κ2) is 5.52. The van der Waals surface area contributed by atoms with E-state index >= 15 is 0 Å². The molecule has 0 aliphatic rings. The molecule has 110 valence electrons. The summed E-state index contributed by atoms with van der Waals surface area (Å²) in [5.74, 6) is -2.78. The fraction of sp³-hybridized carbons (Fsp3) is 0.0833. The van der Waals surface area contributed by atoms with Gasteiger partial charge >= 0.3 is 18.1 Å². The topological polar surface area (TPSA) is 76.5 Å². The maximum Gasteiger partial charge on any atom is 0.416 e. The number of hydrogen-bond donors (Lipinski definition) is 1.